The highest BCUT2D eigenvalue weighted by Crippen LogP contribution is 2.23. The monoisotopic (exact) mass is 284 g/mol. The number of methoxy groups -OCH3 is 1. The van der Waals surface area contributed by atoms with Crippen molar-refractivity contribution in [1.82, 2.24) is 0 Å². The molecule has 0 aliphatic carbocycles. The molecule has 0 aromatic heterocycles. The molecule has 0 bridgehead atoms. The van der Waals surface area contributed by atoms with Crippen molar-refractivity contribution in [3.05, 3.63) is 29.3 Å². The van der Waals surface area contributed by atoms with E-state index in [9.17, 15) is 0 Å². The first-order valence-electron chi connectivity index (χ1n) is 5.95. The first kappa shape index (κ1) is 13.6. The van der Waals surface area contributed by atoms with E-state index < -0.39 is 0 Å². The number of hydrogen-bond donors (Lipinski definition) is 0. The van der Waals surface area contributed by atoms with Gasteiger partial charge in [0, 0.05) is 4.83 Å². The third kappa shape index (κ3) is 4.17. The first-order valence-corrected chi connectivity index (χ1v) is 6.86. The van der Waals surface area contributed by atoms with Gasteiger partial charge in [-0.2, -0.15) is 0 Å². The predicted octanol–water partition coefficient (Wildman–Crippen LogP) is 4.50. The highest BCUT2D eigenvalue weighted by atomic mass is 79.9. The topological polar surface area (TPSA) is 9.23 Å². The van der Waals surface area contributed by atoms with Gasteiger partial charge >= 0.3 is 0 Å². The first-order chi connectivity index (χ1) is 7.67. The van der Waals surface area contributed by atoms with Crippen molar-refractivity contribution >= 4 is 15.9 Å². The quantitative estimate of drug-likeness (QED) is 0.699. The maximum absolute atomic E-state index is 5.37. The maximum atomic E-state index is 5.37. The summed E-state index contributed by atoms with van der Waals surface area (Å²) in [5, 5.41) is 0. The minimum absolute atomic E-state index is 0.656. The lowest BCUT2D eigenvalue weighted by atomic mass is 10.0. The normalized spacial score (nSPS) is 12.5. The van der Waals surface area contributed by atoms with Crippen molar-refractivity contribution < 1.29 is 4.74 Å². The van der Waals surface area contributed by atoms with Crippen molar-refractivity contribution in [3.63, 3.8) is 0 Å². The molecular formula is C14H21BrO. The van der Waals surface area contributed by atoms with Crippen molar-refractivity contribution in [2.45, 2.75) is 44.4 Å². The van der Waals surface area contributed by atoms with Crippen molar-refractivity contribution in [1.29, 1.82) is 0 Å². The Morgan fingerprint density at radius 2 is 2.12 bits per heavy atom. The summed E-state index contributed by atoms with van der Waals surface area (Å²) in [5.41, 5.74) is 2.64. The minimum atomic E-state index is 0.656. The number of benzene rings is 1. The van der Waals surface area contributed by atoms with Gasteiger partial charge in [0.2, 0.25) is 0 Å². The third-order valence-electron chi connectivity index (χ3n) is 2.84. The lowest BCUT2D eigenvalue weighted by molar-refractivity contribution is 0.408. The second kappa shape index (κ2) is 6.95. The summed E-state index contributed by atoms with van der Waals surface area (Å²) < 4.78 is 5.37. The number of alkyl halides is 1. The zero-order valence-electron chi connectivity index (χ0n) is 10.4. The molecule has 0 saturated carbocycles. The molecule has 0 aliphatic heterocycles. The Kier molecular flexibility index (Phi) is 5.89. The summed E-state index contributed by atoms with van der Waals surface area (Å²) in [6, 6.07) is 6.39. The van der Waals surface area contributed by atoms with E-state index in [4.69, 9.17) is 4.74 Å². The lowest BCUT2D eigenvalue weighted by Gasteiger charge is -2.10. The van der Waals surface area contributed by atoms with Crippen LogP contribution in [0.15, 0.2) is 18.2 Å². The second-order valence-electron chi connectivity index (χ2n) is 4.21. The Morgan fingerprint density at radius 3 is 2.75 bits per heavy atom. The summed E-state index contributed by atoms with van der Waals surface area (Å²) in [4.78, 5) is 0.656. The smallest absolute Gasteiger partial charge is 0.122 e. The van der Waals surface area contributed by atoms with E-state index in [1.54, 1.807) is 7.11 Å². The Morgan fingerprint density at radius 1 is 1.38 bits per heavy atom. The van der Waals surface area contributed by atoms with Gasteiger partial charge in [0.15, 0.2) is 0 Å². The molecule has 0 heterocycles. The molecule has 16 heavy (non-hydrogen) atoms. The second-order valence-corrected chi connectivity index (χ2v) is 5.51. The fraction of sp³-hybridized carbons (Fsp3) is 0.571. The van der Waals surface area contributed by atoms with Gasteiger partial charge in [0.1, 0.15) is 5.75 Å². The van der Waals surface area contributed by atoms with Crippen molar-refractivity contribution in [3.8, 4) is 5.75 Å². The zero-order valence-corrected chi connectivity index (χ0v) is 12.0. The predicted molar refractivity (Wildman–Crippen MR) is 73.7 cm³/mol. The molecule has 90 valence electrons. The molecule has 1 unspecified atom stereocenters. The van der Waals surface area contributed by atoms with Gasteiger partial charge in [-0.15, -0.1) is 0 Å². The molecule has 0 radical (unpaired) electrons. The summed E-state index contributed by atoms with van der Waals surface area (Å²) in [6.07, 6.45) is 4.75. The van der Waals surface area contributed by atoms with Crippen molar-refractivity contribution in [2.24, 2.45) is 0 Å². The molecule has 2 heteroatoms. The van der Waals surface area contributed by atoms with Gasteiger partial charge < -0.3 is 4.74 Å². The molecule has 1 nitrogen and oxygen atoms in total. The van der Waals surface area contributed by atoms with E-state index in [0.29, 0.717) is 4.83 Å². The average Bonchev–Trinajstić information content (AvgIpc) is 2.29. The van der Waals surface area contributed by atoms with E-state index in [2.05, 4.69) is 48.0 Å². The number of hydrogen-bond acceptors (Lipinski definition) is 1. The molecule has 0 N–H and O–H groups in total. The van der Waals surface area contributed by atoms with Crippen LogP contribution in [0.25, 0.3) is 0 Å². The van der Waals surface area contributed by atoms with Crippen LogP contribution in [0.3, 0.4) is 0 Å². The summed E-state index contributed by atoms with van der Waals surface area (Å²) in [6.45, 7) is 4.34. The van der Waals surface area contributed by atoms with E-state index >= 15 is 0 Å². The minimum Gasteiger partial charge on any atom is -0.496 e. The number of aryl methyl sites for hydroxylation is 2. The van der Waals surface area contributed by atoms with Gasteiger partial charge in [0.25, 0.3) is 0 Å². The Balaban J connectivity index is 2.55. The number of halogens is 1. The standard InChI is InChI=1S/C14H21BrO/c1-4-13(15)7-5-6-12-10-11(2)8-9-14(12)16-3/h8-10,13H,4-7H2,1-3H3. The van der Waals surface area contributed by atoms with Gasteiger partial charge in [-0.05, 0) is 44.2 Å². The van der Waals surface area contributed by atoms with E-state index in [1.165, 1.54) is 30.4 Å². The fourth-order valence-electron chi connectivity index (χ4n) is 1.82. The molecule has 0 saturated heterocycles. The highest BCUT2D eigenvalue weighted by molar-refractivity contribution is 9.09. The Hall–Kier alpha value is -0.500. The molecule has 0 aliphatic rings. The highest BCUT2D eigenvalue weighted by Gasteiger charge is 2.05. The van der Waals surface area contributed by atoms with Crippen LogP contribution in [0.5, 0.6) is 5.75 Å². The molecular weight excluding hydrogens is 264 g/mol. The third-order valence-corrected chi connectivity index (χ3v) is 3.95. The molecule has 0 fully saturated rings. The molecule has 1 aromatic rings. The average molecular weight is 285 g/mol. The van der Waals surface area contributed by atoms with Crippen LogP contribution >= 0.6 is 15.9 Å². The van der Waals surface area contributed by atoms with Crippen molar-refractivity contribution in [2.75, 3.05) is 7.11 Å². The van der Waals surface area contributed by atoms with Crippen LogP contribution in [-0.4, -0.2) is 11.9 Å². The number of ether oxygens (including phenoxy) is 1. The van der Waals surface area contributed by atoms with Crippen LogP contribution in [0, 0.1) is 6.92 Å². The summed E-state index contributed by atoms with van der Waals surface area (Å²) in [7, 11) is 1.74. The lowest BCUT2D eigenvalue weighted by Crippen LogP contribution is -1.98. The van der Waals surface area contributed by atoms with Gasteiger partial charge in [-0.25, -0.2) is 0 Å². The maximum Gasteiger partial charge on any atom is 0.122 e. The Labute approximate surface area is 107 Å². The molecule has 0 amide bonds. The van der Waals surface area contributed by atoms with Gasteiger partial charge in [0.05, 0.1) is 7.11 Å². The van der Waals surface area contributed by atoms with E-state index in [-0.39, 0.29) is 0 Å². The molecule has 1 rings (SSSR count). The zero-order chi connectivity index (χ0) is 12.0. The molecule has 0 spiro atoms. The summed E-state index contributed by atoms with van der Waals surface area (Å²) in [5.74, 6) is 1.02. The number of rotatable bonds is 6. The molecule has 1 atom stereocenters. The largest absolute Gasteiger partial charge is 0.496 e. The van der Waals surface area contributed by atoms with Crippen LogP contribution in [0.2, 0.25) is 0 Å². The van der Waals surface area contributed by atoms with Gasteiger partial charge in [-0.3, -0.25) is 0 Å². The van der Waals surface area contributed by atoms with Gasteiger partial charge in [-0.1, -0.05) is 40.5 Å². The SMILES string of the molecule is CCC(Br)CCCc1cc(C)ccc1OC. The fourth-order valence-corrected chi connectivity index (χ4v) is 2.14. The van der Waals surface area contributed by atoms with Crippen LogP contribution in [0.1, 0.15) is 37.3 Å². The van der Waals surface area contributed by atoms with E-state index in [0.717, 1.165) is 12.2 Å². The summed E-state index contributed by atoms with van der Waals surface area (Å²) >= 11 is 3.67. The Bertz CT molecular complexity index is 323. The van der Waals surface area contributed by atoms with Crippen LogP contribution < -0.4 is 4.74 Å². The van der Waals surface area contributed by atoms with E-state index in [1.807, 2.05) is 0 Å². The van der Waals surface area contributed by atoms with Crippen LogP contribution in [0.4, 0.5) is 0 Å². The molecule has 1 aromatic carbocycles. The van der Waals surface area contributed by atoms with Crippen LogP contribution in [-0.2, 0) is 6.42 Å².